The number of nitrogens with one attached hydrogen (secondary N) is 2. The van der Waals surface area contributed by atoms with E-state index in [-0.39, 0.29) is 0 Å². The van der Waals surface area contributed by atoms with E-state index in [9.17, 15) is 0 Å². The quantitative estimate of drug-likeness (QED) is 0.639. The van der Waals surface area contributed by atoms with Crippen molar-refractivity contribution >= 4 is 5.96 Å². The number of imidazole rings is 1. The van der Waals surface area contributed by atoms with Crippen molar-refractivity contribution in [3.8, 4) is 5.82 Å². The van der Waals surface area contributed by atoms with Gasteiger partial charge < -0.3 is 15.4 Å². The molecule has 1 saturated heterocycles. The molecule has 1 atom stereocenters. The number of pyridine rings is 1. The Kier molecular flexibility index (Phi) is 5.21. The lowest BCUT2D eigenvalue weighted by Gasteiger charge is -2.15. The third-order valence-electron chi connectivity index (χ3n) is 3.78. The van der Waals surface area contributed by atoms with Crippen molar-refractivity contribution in [2.24, 2.45) is 4.99 Å². The van der Waals surface area contributed by atoms with Crippen LogP contribution in [0.2, 0.25) is 0 Å². The molecule has 1 aliphatic heterocycles. The van der Waals surface area contributed by atoms with Gasteiger partial charge in [-0.05, 0) is 24.5 Å². The topological polar surface area (TPSA) is 76.4 Å². The molecule has 2 aromatic rings. The Bertz CT molecular complexity index is 617. The second kappa shape index (κ2) is 7.73. The Labute approximate surface area is 135 Å². The highest BCUT2D eigenvalue weighted by Gasteiger charge is 2.15. The Morgan fingerprint density at radius 1 is 1.43 bits per heavy atom. The zero-order valence-electron chi connectivity index (χ0n) is 13.3. The summed E-state index contributed by atoms with van der Waals surface area (Å²) in [6, 6.07) is 4.02. The maximum absolute atomic E-state index is 5.60. The zero-order chi connectivity index (χ0) is 15.9. The van der Waals surface area contributed by atoms with Crippen molar-refractivity contribution in [1.29, 1.82) is 0 Å². The fourth-order valence-corrected chi connectivity index (χ4v) is 2.49. The van der Waals surface area contributed by atoms with Gasteiger partial charge in [-0.25, -0.2) is 9.97 Å². The zero-order valence-corrected chi connectivity index (χ0v) is 13.3. The maximum atomic E-state index is 5.60. The van der Waals surface area contributed by atoms with Gasteiger partial charge in [-0.2, -0.15) is 0 Å². The van der Waals surface area contributed by atoms with E-state index < -0.39 is 0 Å². The third-order valence-corrected chi connectivity index (χ3v) is 3.78. The monoisotopic (exact) mass is 314 g/mol. The summed E-state index contributed by atoms with van der Waals surface area (Å²) in [6.45, 7) is 2.33. The SMILES string of the molecule is CN=C(NCc1ccc(-n2ccnc2)nc1)NCC1CCCO1. The number of ether oxygens (including phenoxy) is 1. The summed E-state index contributed by atoms with van der Waals surface area (Å²) in [7, 11) is 1.77. The average Bonchev–Trinajstić information content (AvgIpc) is 3.29. The van der Waals surface area contributed by atoms with Gasteiger partial charge in [0.1, 0.15) is 12.1 Å². The molecule has 0 amide bonds. The summed E-state index contributed by atoms with van der Waals surface area (Å²) in [4.78, 5) is 12.7. The fourth-order valence-electron chi connectivity index (χ4n) is 2.49. The van der Waals surface area contributed by atoms with Crippen molar-refractivity contribution in [1.82, 2.24) is 25.2 Å². The predicted octanol–water partition coefficient (Wildman–Crippen LogP) is 1.11. The van der Waals surface area contributed by atoms with Crippen LogP contribution in [-0.4, -0.2) is 46.8 Å². The molecule has 122 valence electrons. The average molecular weight is 314 g/mol. The number of nitrogens with zero attached hydrogens (tertiary/aromatic N) is 4. The maximum Gasteiger partial charge on any atom is 0.191 e. The van der Waals surface area contributed by atoms with Crippen LogP contribution in [0.4, 0.5) is 0 Å². The smallest absolute Gasteiger partial charge is 0.191 e. The van der Waals surface area contributed by atoms with E-state index in [0.717, 1.165) is 43.3 Å². The highest BCUT2D eigenvalue weighted by molar-refractivity contribution is 5.79. The van der Waals surface area contributed by atoms with Crippen LogP contribution in [0.15, 0.2) is 42.0 Å². The first-order chi connectivity index (χ1) is 11.3. The number of guanidine groups is 1. The van der Waals surface area contributed by atoms with E-state index >= 15 is 0 Å². The molecule has 7 heteroatoms. The Morgan fingerprint density at radius 3 is 3.04 bits per heavy atom. The van der Waals surface area contributed by atoms with E-state index in [1.54, 1.807) is 19.6 Å². The number of hydrogen-bond acceptors (Lipinski definition) is 4. The first kappa shape index (κ1) is 15.5. The molecule has 0 radical (unpaired) electrons. The summed E-state index contributed by atoms with van der Waals surface area (Å²) in [6.07, 6.45) is 9.76. The lowest BCUT2D eigenvalue weighted by Crippen LogP contribution is -2.40. The van der Waals surface area contributed by atoms with Crippen molar-refractivity contribution in [2.75, 3.05) is 20.2 Å². The summed E-state index contributed by atoms with van der Waals surface area (Å²) in [5.41, 5.74) is 1.09. The first-order valence-electron chi connectivity index (χ1n) is 7.84. The van der Waals surface area contributed by atoms with E-state index in [2.05, 4.69) is 25.6 Å². The number of aromatic nitrogens is 3. The van der Waals surface area contributed by atoms with E-state index in [4.69, 9.17) is 4.74 Å². The van der Waals surface area contributed by atoms with Crippen molar-refractivity contribution in [3.63, 3.8) is 0 Å². The van der Waals surface area contributed by atoms with Crippen LogP contribution in [0.5, 0.6) is 0 Å². The lowest BCUT2D eigenvalue weighted by molar-refractivity contribution is 0.114. The molecule has 0 bridgehead atoms. The Balaban J connectivity index is 1.48. The first-order valence-corrected chi connectivity index (χ1v) is 7.84. The third kappa shape index (κ3) is 4.29. The molecule has 2 N–H and O–H groups in total. The van der Waals surface area contributed by atoms with Crippen LogP contribution < -0.4 is 10.6 Å². The van der Waals surface area contributed by atoms with Gasteiger partial charge in [0, 0.05) is 45.3 Å². The van der Waals surface area contributed by atoms with Gasteiger partial charge in [-0.15, -0.1) is 0 Å². The minimum Gasteiger partial charge on any atom is -0.376 e. The minimum absolute atomic E-state index is 0.296. The molecule has 0 aromatic carbocycles. The molecule has 1 unspecified atom stereocenters. The van der Waals surface area contributed by atoms with Crippen LogP contribution in [-0.2, 0) is 11.3 Å². The molecule has 2 aromatic heterocycles. The summed E-state index contributed by atoms with van der Waals surface area (Å²) in [5, 5.41) is 6.58. The molecular formula is C16H22N6O. The van der Waals surface area contributed by atoms with E-state index in [1.807, 2.05) is 29.1 Å². The van der Waals surface area contributed by atoms with Crippen LogP contribution >= 0.6 is 0 Å². The van der Waals surface area contributed by atoms with Gasteiger partial charge in [0.05, 0.1) is 6.10 Å². The highest BCUT2D eigenvalue weighted by Crippen LogP contribution is 2.10. The van der Waals surface area contributed by atoms with Crippen molar-refractivity contribution in [3.05, 3.63) is 42.6 Å². The van der Waals surface area contributed by atoms with Gasteiger partial charge >= 0.3 is 0 Å². The van der Waals surface area contributed by atoms with Crippen molar-refractivity contribution < 1.29 is 4.74 Å². The van der Waals surface area contributed by atoms with Crippen LogP contribution in [0, 0.1) is 0 Å². The Morgan fingerprint density at radius 2 is 2.39 bits per heavy atom. The number of aliphatic imine (C=N–C) groups is 1. The van der Waals surface area contributed by atoms with E-state index in [1.165, 1.54) is 0 Å². The molecule has 3 rings (SSSR count). The predicted molar refractivity (Wildman–Crippen MR) is 88.5 cm³/mol. The Hall–Kier alpha value is -2.41. The molecule has 1 fully saturated rings. The number of rotatable bonds is 5. The normalized spacial score (nSPS) is 18.1. The molecule has 1 aliphatic rings. The van der Waals surface area contributed by atoms with E-state index in [0.29, 0.717) is 12.6 Å². The second-order valence-corrected chi connectivity index (χ2v) is 5.44. The van der Waals surface area contributed by atoms with Gasteiger partial charge in [0.25, 0.3) is 0 Å². The standard InChI is InChI=1S/C16H22N6O/c1-17-16(21-11-14-3-2-8-23-14)20-10-13-4-5-15(19-9-13)22-7-6-18-12-22/h4-7,9,12,14H,2-3,8,10-11H2,1H3,(H2,17,20,21). The minimum atomic E-state index is 0.296. The van der Waals surface area contributed by atoms with Crippen molar-refractivity contribution in [2.45, 2.75) is 25.5 Å². The van der Waals surface area contributed by atoms with Crippen LogP contribution in [0.25, 0.3) is 5.82 Å². The largest absolute Gasteiger partial charge is 0.376 e. The summed E-state index contributed by atoms with van der Waals surface area (Å²) >= 11 is 0. The molecule has 0 spiro atoms. The lowest BCUT2D eigenvalue weighted by atomic mass is 10.2. The molecule has 3 heterocycles. The molecule has 7 nitrogen and oxygen atoms in total. The van der Waals surface area contributed by atoms with Gasteiger partial charge in [-0.1, -0.05) is 6.07 Å². The van der Waals surface area contributed by atoms with Gasteiger partial charge in [0.2, 0.25) is 0 Å². The van der Waals surface area contributed by atoms with Crippen LogP contribution in [0.3, 0.4) is 0 Å². The van der Waals surface area contributed by atoms with Gasteiger partial charge in [0.15, 0.2) is 5.96 Å². The van der Waals surface area contributed by atoms with Gasteiger partial charge in [-0.3, -0.25) is 9.56 Å². The van der Waals surface area contributed by atoms with Crippen LogP contribution in [0.1, 0.15) is 18.4 Å². The molecule has 0 saturated carbocycles. The molecule has 0 aliphatic carbocycles. The fraction of sp³-hybridized carbons (Fsp3) is 0.438. The summed E-state index contributed by atoms with van der Waals surface area (Å²) < 4.78 is 7.47. The molecular weight excluding hydrogens is 292 g/mol. The second-order valence-electron chi connectivity index (χ2n) is 5.44. The number of hydrogen-bond donors (Lipinski definition) is 2. The molecule has 23 heavy (non-hydrogen) atoms. The summed E-state index contributed by atoms with van der Waals surface area (Å²) in [5.74, 6) is 1.63. The highest BCUT2D eigenvalue weighted by atomic mass is 16.5.